The molecule has 2 aromatic carbocycles. The molecule has 0 spiro atoms. The Labute approximate surface area is 132 Å². The van der Waals surface area contributed by atoms with Crippen LogP contribution < -0.4 is 11.1 Å². The Balaban J connectivity index is 1.93. The third-order valence-electron chi connectivity index (χ3n) is 3.19. The van der Waals surface area contributed by atoms with Crippen LogP contribution in [0, 0.1) is 6.92 Å². The average molecular weight is 313 g/mol. The van der Waals surface area contributed by atoms with Crippen LogP contribution in [0.4, 0.5) is 5.69 Å². The maximum atomic E-state index is 12.0. The van der Waals surface area contributed by atoms with Crippen LogP contribution in [0.5, 0.6) is 0 Å². The molecule has 0 aliphatic carbocycles. The lowest BCUT2D eigenvalue weighted by molar-refractivity contribution is 0.560. The van der Waals surface area contributed by atoms with Crippen molar-refractivity contribution in [3.63, 3.8) is 0 Å². The van der Waals surface area contributed by atoms with Gasteiger partial charge in [-0.3, -0.25) is 5.43 Å². The minimum atomic E-state index is -0.515. The van der Waals surface area contributed by atoms with Gasteiger partial charge in [0.2, 0.25) is 0 Å². The fourth-order valence-electron chi connectivity index (χ4n) is 2.12. The fourth-order valence-corrected chi connectivity index (χ4v) is 2.40. The molecule has 5 heteroatoms. The van der Waals surface area contributed by atoms with Gasteiger partial charge in [0.25, 0.3) is 0 Å². The van der Waals surface area contributed by atoms with Gasteiger partial charge < -0.3 is 4.42 Å². The van der Waals surface area contributed by atoms with E-state index in [1.807, 2.05) is 37.3 Å². The Bertz CT molecular complexity index is 916. The minimum Gasteiger partial charge on any atom is -0.422 e. The highest BCUT2D eigenvalue weighted by Crippen LogP contribution is 2.23. The summed E-state index contributed by atoms with van der Waals surface area (Å²) in [6.45, 7) is 1.99. The van der Waals surface area contributed by atoms with Crippen LogP contribution in [0.2, 0.25) is 5.02 Å². The number of nitrogens with zero attached hydrogens (tertiary/aromatic N) is 1. The van der Waals surface area contributed by atoms with Crippen LogP contribution >= 0.6 is 11.6 Å². The molecule has 0 saturated carbocycles. The molecule has 0 bridgehead atoms. The molecule has 4 nitrogen and oxygen atoms in total. The van der Waals surface area contributed by atoms with Crippen LogP contribution in [-0.2, 0) is 0 Å². The zero-order chi connectivity index (χ0) is 15.5. The van der Waals surface area contributed by atoms with Crippen LogP contribution in [-0.4, -0.2) is 6.21 Å². The van der Waals surface area contributed by atoms with Gasteiger partial charge in [-0.15, -0.1) is 0 Å². The van der Waals surface area contributed by atoms with E-state index in [0.717, 1.165) is 11.3 Å². The molecule has 3 aromatic rings. The molecule has 0 radical (unpaired) electrons. The molecule has 110 valence electrons. The Morgan fingerprint density at radius 1 is 1.18 bits per heavy atom. The Morgan fingerprint density at radius 3 is 2.82 bits per heavy atom. The Hall–Kier alpha value is -2.59. The summed E-state index contributed by atoms with van der Waals surface area (Å²) in [5.41, 5.74) is 4.98. The monoisotopic (exact) mass is 312 g/mol. The molecule has 22 heavy (non-hydrogen) atoms. The Kier molecular flexibility index (Phi) is 3.94. The number of fused-ring (bicyclic) bond motifs is 1. The van der Waals surface area contributed by atoms with Gasteiger partial charge in [-0.05, 0) is 36.8 Å². The predicted molar refractivity (Wildman–Crippen MR) is 89.9 cm³/mol. The van der Waals surface area contributed by atoms with Crippen molar-refractivity contribution >= 4 is 34.5 Å². The summed E-state index contributed by atoms with van der Waals surface area (Å²) in [6, 6.07) is 14.9. The second kappa shape index (κ2) is 6.03. The van der Waals surface area contributed by atoms with Crippen molar-refractivity contribution in [2.24, 2.45) is 5.10 Å². The van der Waals surface area contributed by atoms with Crippen LogP contribution in [0.1, 0.15) is 11.1 Å². The quantitative estimate of drug-likeness (QED) is 0.448. The van der Waals surface area contributed by atoms with E-state index in [1.54, 1.807) is 18.2 Å². The molecule has 0 atom stereocenters. The zero-order valence-electron chi connectivity index (χ0n) is 11.8. The maximum Gasteiger partial charge on any atom is 0.346 e. The molecule has 3 rings (SSSR count). The van der Waals surface area contributed by atoms with Gasteiger partial charge in [0.15, 0.2) is 0 Å². The highest BCUT2D eigenvalue weighted by molar-refractivity contribution is 6.37. The molecule has 0 saturated heterocycles. The number of para-hydroxylation sites is 1. The van der Waals surface area contributed by atoms with Crippen molar-refractivity contribution in [3.8, 4) is 0 Å². The third-order valence-corrected chi connectivity index (χ3v) is 3.60. The van der Waals surface area contributed by atoms with Gasteiger partial charge in [-0.2, -0.15) is 5.10 Å². The van der Waals surface area contributed by atoms with E-state index < -0.39 is 5.63 Å². The maximum absolute atomic E-state index is 12.0. The number of aryl methyl sites for hydroxylation is 1. The lowest BCUT2D eigenvalue weighted by Crippen LogP contribution is -2.08. The second-order valence-corrected chi connectivity index (χ2v) is 5.23. The molecule has 0 aliphatic heterocycles. The first-order valence-corrected chi connectivity index (χ1v) is 7.10. The molecule has 0 amide bonds. The fraction of sp³-hybridized carbons (Fsp3) is 0.0588. The van der Waals surface area contributed by atoms with E-state index in [9.17, 15) is 4.79 Å². The number of nitrogens with one attached hydrogen (secondary N) is 1. The first-order chi connectivity index (χ1) is 10.6. The number of hydrazone groups is 1. The molecule has 1 N–H and O–H groups in total. The van der Waals surface area contributed by atoms with Crippen molar-refractivity contribution in [1.29, 1.82) is 0 Å². The summed E-state index contributed by atoms with van der Waals surface area (Å²) in [4.78, 5) is 12.0. The standard InChI is InChI=1S/C17H13ClN2O2/c1-11-5-4-6-12(9-11)20-19-10-14-16(18)13-7-2-3-8-15(13)22-17(14)21/h2-10,20H,1H3/b19-10+. The van der Waals surface area contributed by atoms with Crippen LogP contribution in [0.25, 0.3) is 11.0 Å². The van der Waals surface area contributed by atoms with Crippen LogP contribution in [0.3, 0.4) is 0 Å². The molecule has 1 aromatic heterocycles. The van der Waals surface area contributed by atoms with Crippen molar-refractivity contribution < 1.29 is 4.42 Å². The van der Waals surface area contributed by atoms with Gasteiger partial charge in [-0.1, -0.05) is 35.9 Å². The first kappa shape index (κ1) is 14.4. The van der Waals surface area contributed by atoms with Crippen molar-refractivity contribution in [3.05, 3.63) is 75.1 Å². The summed E-state index contributed by atoms with van der Waals surface area (Å²) in [6.07, 6.45) is 1.38. The van der Waals surface area contributed by atoms with Gasteiger partial charge in [0.05, 0.1) is 22.5 Å². The van der Waals surface area contributed by atoms with Crippen molar-refractivity contribution in [2.45, 2.75) is 6.92 Å². The lowest BCUT2D eigenvalue weighted by Gasteiger charge is -2.03. The molecule has 0 fully saturated rings. The third kappa shape index (κ3) is 2.87. The van der Waals surface area contributed by atoms with E-state index in [4.69, 9.17) is 16.0 Å². The topological polar surface area (TPSA) is 54.6 Å². The minimum absolute atomic E-state index is 0.223. The van der Waals surface area contributed by atoms with Gasteiger partial charge in [0, 0.05) is 5.39 Å². The smallest absolute Gasteiger partial charge is 0.346 e. The summed E-state index contributed by atoms with van der Waals surface area (Å²) < 4.78 is 5.24. The van der Waals surface area contributed by atoms with E-state index >= 15 is 0 Å². The number of hydrogen-bond donors (Lipinski definition) is 1. The highest BCUT2D eigenvalue weighted by atomic mass is 35.5. The number of halogens is 1. The molecular formula is C17H13ClN2O2. The summed E-state index contributed by atoms with van der Waals surface area (Å²) in [7, 11) is 0. The SMILES string of the molecule is Cc1cccc(N/N=C/c2c(Cl)c3ccccc3oc2=O)c1. The first-order valence-electron chi connectivity index (χ1n) is 6.72. The zero-order valence-corrected chi connectivity index (χ0v) is 12.6. The Morgan fingerprint density at radius 2 is 2.00 bits per heavy atom. The second-order valence-electron chi connectivity index (χ2n) is 4.85. The molecule has 0 unspecified atom stereocenters. The predicted octanol–water partition coefficient (Wildman–Crippen LogP) is 4.20. The summed E-state index contributed by atoms with van der Waals surface area (Å²) in [5.74, 6) is 0. The molecule has 1 heterocycles. The van der Waals surface area contributed by atoms with Crippen molar-refractivity contribution in [1.82, 2.24) is 0 Å². The van der Waals surface area contributed by atoms with E-state index in [0.29, 0.717) is 16.0 Å². The number of hydrogen-bond acceptors (Lipinski definition) is 4. The van der Waals surface area contributed by atoms with Crippen molar-refractivity contribution in [2.75, 3.05) is 5.43 Å². The molecule has 0 aliphatic rings. The molecular weight excluding hydrogens is 300 g/mol. The summed E-state index contributed by atoms with van der Waals surface area (Å²) in [5, 5.41) is 5.08. The summed E-state index contributed by atoms with van der Waals surface area (Å²) >= 11 is 6.27. The van der Waals surface area contributed by atoms with E-state index in [-0.39, 0.29) is 5.56 Å². The van der Waals surface area contributed by atoms with Crippen LogP contribution in [0.15, 0.2) is 62.8 Å². The number of benzene rings is 2. The normalized spacial score (nSPS) is 11.2. The van der Waals surface area contributed by atoms with E-state index in [2.05, 4.69) is 10.5 Å². The van der Waals surface area contributed by atoms with Gasteiger partial charge in [-0.25, -0.2) is 4.79 Å². The lowest BCUT2D eigenvalue weighted by atomic mass is 10.2. The largest absolute Gasteiger partial charge is 0.422 e. The average Bonchev–Trinajstić information content (AvgIpc) is 2.51. The van der Waals surface area contributed by atoms with Gasteiger partial charge in [0.1, 0.15) is 5.58 Å². The highest BCUT2D eigenvalue weighted by Gasteiger charge is 2.10. The van der Waals surface area contributed by atoms with E-state index in [1.165, 1.54) is 6.21 Å². The number of anilines is 1. The number of rotatable bonds is 3. The van der Waals surface area contributed by atoms with Gasteiger partial charge >= 0.3 is 5.63 Å².